The standard InChI is InChI=1S/C18H26N2O3/c1-12(8-13(2)21)11-19-17(22)5-3-4-14-6-7-16-15(9-14)10-18(23)20-16/h6-7,9,12-13,21H,3-5,8,10-11H2,1-2H3,(H,19,22)(H,20,23). The molecular formula is C18H26N2O3. The van der Waals surface area contributed by atoms with Crippen LogP contribution in [-0.4, -0.2) is 29.6 Å². The number of aliphatic hydroxyl groups excluding tert-OH is 1. The van der Waals surface area contributed by atoms with Crippen molar-refractivity contribution in [2.24, 2.45) is 5.92 Å². The van der Waals surface area contributed by atoms with Crippen molar-refractivity contribution in [2.75, 3.05) is 11.9 Å². The number of hydrogen-bond acceptors (Lipinski definition) is 3. The Labute approximate surface area is 137 Å². The molecule has 1 aromatic rings. The smallest absolute Gasteiger partial charge is 0.228 e. The number of aliphatic hydroxyl groups is 1. The van der Waals surface area contributed by atoms with Crippen molar-refractivity contribution in [1.82, 2.24) is 5.32 Å². The van der Waals surface area contributed by atoms with E-state index in [4.69, 9.17) is 0 Å². The number of amides is 2. The van der Waals surface area contributed by atoms with Crippen molar-refractivity contribution in [2.45, 2.75) is 52.1 Å². The minimum Gasteiger partial charge on any atom is -0.393 e. The van der Waals surface area contributed by atoms with Gasteiger partial charge in [-0.15, -0.1) is 0 Å². The minimum absolute atomic E-state index is 0.0443. The number of anilines is 1. The van der Waals surface area contributed by atoms with Crippen LogP contribution in [-0.2, 0) is 22.4 Å². The summed E-state index contributed by atoms with van der Waals surface area (Å²) in [6.07, 6.45) is 2.93. The molecule has 2 atom stereocenters. The van der Waals surface area contributed by atoms with Crippen molar-refractivity contribution in [3.8, 4) is 0 Å². The molecule has 2 rings (SSSR count). The molecule has 0 radical (unpaired) electrons. The van der Waals surface area contributed by atoms with Crippen LogP contribution in [0, 0.1) is 5.92 Å². The predicted molar refractivity (Wildman–Crippen MR) is 90.2 cm³/mol. The van der Waals surface area contributed by atoms with Gasteiger partial charge < -0.3 is 15.7 Å². The number of nitrogens with one attached hydrogen (secondary N) is 2. The number of hydrogen-bond donors (Lipinski definition) is 3. The Morgan fingerprint density at radius 2 is 2.17 bits per heavy atom. The zero-order valence-electron chi connectivity index (χ0n) is 13.9. The van der Waals surface area contributed by atoms with Gasteiger partial charge in [0.2, 0.25) is 11.8 Å². The topological polar surface area (TPSA) is 78.4 Å². The van der Waals surface area contributed by atoms with E-state index in [1.165, 1.54) is 0 Å². The van der Waals surface area contributed by atoms with E-state index >= 15 is 0 Å². The fourth-order valence-corrected chi connectivity index (χ4v) is 2.93. The summed E-state index contributed by atoms with van der Waals surface area (Å²) in [5.41, 5.74) is 3.11. The van der Waals surface area contributed by atoms with E-state index in [0.29, 0.717) is 25.8 Å². The van der Waals surface area contributed by atoms with E-state index in [1.807, 2.05) is 19.1 Å². The number of carbonyl (C=O) groups excluding carboxylic acids is 2. The average Bonchev–Trinajstić information content (AvgIpc) is 2.84. The average molecular weight is 318 g/mol. The first-order valence-corrected chi connectivity index (χ1v) is 8.30. The van der Waals surface area contributed by atoms with Gasteiger partial charge in [-0.1, -0.05) is 19.1 Å². The monoisotopic (exact) mass is 318 g/mol. The highest BCUT2D eigenvalue weighted by Crippen LogP contribution is 2.24. The fourth-order valence-electron chi connectivity index (χ4n) is 2.93. The second-order valence-electron chi connectivity index (χ2n) is 6.56. The Hall–Kier alpha value is -1.88. The molecule has 0 saturated heterocycles. The summed E-state index contributed by atoms with van der Waals surface area (Å²) in [5, 5.41) is 15.0. The first kappa shape index (κ1) is 17.5. The lowest BCUT2D eigenvalue weighted by molar-refractivity contribution is -0.121. The van der Waals surface area contributed by atoms with Crippen LogP contribution in [0.2, 0.25) is 0 Å². The van der Waals surface area contributed by atoms with Crippen LogP contribution in [0.1, 0.15) is 44.2 Å². The van der Waals surface area contributed by atoms with Gasteiger partial charge in [-0.25, -0.2) is 0 Å². The molecular weight excluding hydrogens is 292 g/mol. The van der Waals surface area contributed by atoms with Gasteiger partial charge >= 0.3 is 0 Å². The highest BCUT2D eigenvalue weighted by molar-refractivity contribution is 5.99. The predicted octanol–water partition coefficient (Wildman–Crippen LogP) is 2.03. The molecule has 3 N–H and O–H groups in total. The van der Waals surface area contributed by atoms with E-state index in [0.717, 1.165) is 29.7 Å². The molecule has 1 aliphatic rings. The summed E-state index contributed by atoms with van der Waals surface area (Å²) in [4.78, 5) is 23.2. The second-order valence-corrected chi connectivity index (χ2v) is 6.56. The van der Waals surface area contributed by atoms with Gasteiger partial charge in [0.15, 0.2) is 0 Å². The molecule has 5 heteroatoms. The molecule has 2 amide bonds. The molecule has 0 aliphatic carbocycles. The SMILES string of the molecule is CC(O)CC(C)CNC(=O)CCCc1ccc2c(c1)CC(=O)N2. The molecule has 5 nitrogen and oxygen atoms in total. The van der Waals surface area contributed by atoms with Crippen molar-refractivity contribution in [1.29, 1.82) is 0 Å². The highest BCUT2D eigenvalue weighted by Gasteiger charge is 2.17. The fraction of sp³-hybridized carbons (Fsp3) is 0.556. The van der Waals surface area contributed by atoms with Gasteiger partial charge in [-0.05, 0) is 49.3 Å². The summed E-state index contributed by atoms with van der Waals surface area (Å²) in [6, 6.07) is 6.00. The molecule has 2 unspecified atom stereocenters. The van der Waals surface area contributed by atoms with Crippen LogP contribution in [0.3, 0.4) is 0 Å². The number of benzene rings is 1. The molecule has 1 heterocycles. The molecule has 0 spiro atoms. The lowest BCUT2D eigenvalue weighted by atomic mass is 10.0. The van der Waals surface area contributed by atoms with Gasteiger partial charge in [0, 0.05) is 18.7 Å². The van der Waals surface area contributed by atoms with Gasteiger partial charge in [0.05, 0.1) is 12.5 Å². The maximum atomic E-state index is 11.8. The summed E-state index contributed by atoms with van der Waals surface area (Å²) in [6.45, 7) is 4.39. The minimum atomic E-state index is -0.330. The third-order valence-electron chi connectivity index (χ3n) is 4.06. The van der Waals surface area contributed by atoms with Crippen LogP contribution < -0.4 is 10.6 Å². The van der Waals surface area contributed by atoms with Crippen molar-refractivity contribution in [3.63, 3.8) is 0 Å². The van der Waals surface area contributed by atoms with E-state index in [9.17, 15) is 14.7 Å². The Morgan fingerprint density at radius 3 is 2.91 bits per heavy atom. The zero-order valence-corrected chi connectivity index (χ0v) is 13.9. The van der Waals surface area contributed by atoms with Gasteiger partial charge in [0.25, 0.3) is 0 Å². The highest BCUT2D eigenvalue weighted by atomic mass is 16.3. The van der Waals surface area contributed by atoms with E-state index < -0.39 is 0 Å². The largest absolute Gasteiger partial charge is 0.393 e. The maximum absolute atomic E-state index is 11.8. The number of carbonyl (C=O) groups is 2. The van der Waals surface area contributed by atoms with Crippen molar-refractivity contribution >= 4 is 17.5 Å². The van der Waals surface area contributed by atoms with Crippen LogP contribution in [0.15, 0.2) is 18.2 Å². The molecule has 0 saturated carbocycles. The molecule has 23 heavy (non-hydrogen) atoms. The summed E-state index contributed by atoms with van der Waals surface area (Å²) >= 11 is 0. The molecule has 0 aromatic heterocycles. The number of rotatable bonds is 8. The third kappa shape index (κ3) is 5.67. The Balaban J connectivity index is 1.68. The van der Waals surface area contributed by atoms with Crippen molar-refractivity contribution in [3.05, 3.63) is 29.3 Å². The number of fused-ring (bicyclic) bond motifs is 1. The second kappa shape index (κ2) is 8.11. The summed E-state index contributed by atoms with van der Waals surface area (Å²) in [7, 11) is 0. The Bertz CT molecular complexity index is 569. The van der Waals surface area contributed by atoms with E-state index in [-0.39, 0.29) is 23.8 Å². The molecule has 1 aliphatic heterocycles. The Morgan fingerprint density at radius 1 is 1.39 bits per heavy atom. The first-order valence-electron chi connectivity index (χ1n) is 8.30. The Kier molecular flexibility index (Phi) is 6.16. The normalized spacial score (nSPS) is 15.7. The third-order valence-corrected chi connectivity index (χ3v) is 4.06. The summed E-state index contributed by atoms with van der Waals surface area (Å²) in [5.74, 6) is 0.379. The van der Waals surface area contributed by atoms with Crippen LogP contribution in [0.4, 0.5) is 5.69 Å². The van der Waals surface area contributed by atoms with E-state index in [2.05, 4.69) is 16.7 Å². The van der Waals surface area contributed by atoms with Gasteiger partial charge in [-0.3, -0.25) is 9.59 Å². The molecule has 0 bridgehead atoms. The quantitative estimate of drug-likeness (QED) is 0.686. The van der Waals surface area contributed by atoms with Crippen LogP contribution in [0.25, 0.3) is 0 Å². The first-order chi connectivity index (χ1) is 10.9. The van der Waals surface area contributed by atoms with Crippen LogP contribution in [0.5, 0.6) is 0 Å². The van der Waals surface area contributed by atoms with Gasteiger partial charge in [0.1, 0.15) is 0 Å². The lowest BCUT2D eigenvalue weighted by Gasteiger charge is -2.14. The maximum Gasteiger partial charge on any atom is 0.228 e. The van der Waals surface area contributed by atoms with Crippen LogP contribution >= 0.6 is 0 Å². The molecule has 1 aromatic carbocycles. The lowest BCUT2D eigenvalue weighted by Crippen LogP contribution is -2.29. The molecule has 0 fully saturated rings. The van der Waals surface area contributed by atoms with Crippen molar-refractivity contribution < 1.29 is 14.7 Å². The van der Waals surface area contributed by atoms with E-state index in [1.54, 1.807) is 6.92 Å². The zero-order chi connectivity index (χ0) is 16.8. The number of aryl methyl sites for hydroxylation is 1. The summed E-state index contributed by atoms with van der Waals surface area (Å²) < 4.78 is 0. The molecule has 126 valence electrons. The van der Waals surface area contributed by atoms with Gasteiger partial charge in [-0.2, -0.15) is 0 Å².